The summed E-state index contributed by atoms with van der Waals surface area (Å²) in [5, 5.41) is 14.8. The largest absolute Gasteiger partial charge is 0.497 e. The topological polar surface area (TPSA) is 121 Å². The van der Waals surface area contributed by atoms with Crippen LogP contribution in [0.2, 0.25) is 0 Å². The minimum Gasteiger partial charge on any atom is -0.497 e. The number of aryl methyl sites for hydroxylation is 1. The molecule has 0 fully saturated rings. The van der Waals surface area contributed by atoms with Crippen molar-refractivity contribution < 1.29 is 23.9 Å². The van der Waals surface area contributed by atoms with Crippen molar-refractivity contribution >= 4 is 23.6 Å². The number of ether oxygens (including phenoxy) is 2. The highest BCUT2D eigenvalue weighted by Crippen LogP contribution is 2.25. The zero-order chi connectivity index (χ0) is 26.9. The third-order valence-electron chi connectivity index (χ3n) is 5.25. The van der Waals surface area contributed by atoms with E-state index in [-0.39, 0.29) is 6.54 Å². The number of amides is 3. The van der Waals surface area contributed by atoms with E-state index in [0.29, 0.717) is 17.0 Å². The molecule has 0 bridgehead atoms. The van der Waals surface area contributed by atoms with E-state index in [1.54, 1.807) is 64.3 Å². The minimum absolute atomic E-state index is 0.366. The predicted molar refractivity (Wildman–Crippen MR) is 136 cm³/mol. The molecule has 0 aliphatic heterocycles. The first kappa shape index (κ1) is 28.2. The number of benzene rings is 2. The predicted octanol–water partition coefficient (Wildman–Crippen LogP) is 4.20. The molecular weight excluding hydrogens is 460 g/mol. The van der Waals surface area contributed by atoms with Crippen molar-refractivity contribution in [1.29, 1.82) is 5.26 Å². The molecule has 192 valence electrons. The van der Waals surface area contributed by atoms with Crippen LogP contribution in [0.5, 0.6) is 5.75 Å². The number of nitriles is 1. The van der Waals surface area contributed by atoms with E-state index in [9.17, 15) is 19.6 Å². The van der Waals surface area contributed by atoms with Crippen LogP contribution in [-0.4, -0.2) is 48.1 Å². The molecule has 0 aliphatic carbocycles. The molecule has 2 aromatic carbocycles. The van der Waals surface area contributed by atoms with Crippen molar-refractivity contribution in [2.75, 3.05) is 19.0 Å². The van der Waals surface area contributed by atoms with E-state index in [1.807, 2.05) is 25.1 Å². The van der Waals surface area contributed by atoms with Crippen LogP contribution in [0.25, 0.3) is 0 Å². The lowest BCUT2D eigenvalue weighted by atomic mass is 10.0. The summed E-state index contributed by atoms with van der Waals surface area (Å²) in [7, 11) is 1.54. The number of carbonyl (C=O) groups is 3. The maximum atomic E-state index is 13.5. The monoisotopic (exact) mass is 494 g/mol. The van der Waals surface area contributed by atoms with Gasteiger partial charge < -0.3 is 25.0 Å². The van der Waals surface area contributed by atoms with Crippen LogP contribution in [-0.2, 0) is 20.7 Å². The first-order valence-electron chi connectivity index (χ1n) is 11.7. The van der Waals surface area contributed by atoms with Gasteiger partial charge in [0.2, 0.25) is 5.91 Å². The molecule has 9 nitrogen and oxygen atoms in total. The quantitative estimate of drug-likeness (QED) is 0.504. The number of hydrogen-bond donors (Lipinski definition) is 2. The number of hydrogen-bond acceptors (Lipinski definition) is 6. The Balaban J connectivity index is 2.39. The van der Waals surface area contributed by atoms with Crippen LogP contribution in [0.15, 0.2) is 48.5 Å². The smallest absolute Gasteiger partial charge is 0.408 e. The standard InChI is InChI=1S/C27H34N4O5/c1-7-19-8-10-20(11-9-19)23(24(32)30-21-12-14-22(35-6)15-13-21)31(17-16-28)25(33)18(2)29-26(34)36-27(3,4)5/h8-15,18,23H,7,17H2,1-6H3,(H,29,34)(H,30,32). The van der Waals surface area contributed by atoms with Gasteiger partial charge in [-0.05, 0) is 69.5 Å². The Hall–Kier alpha value is -4.06. The van der Waals surface area contributed by atoms with Gasteiger partial charge in [0.15, 0.2) is 0 Å². The molecule has 2 atom stereocenters. The first-order chi connectivity index (χ1) is 17.0. The summed E-state index contributed by atoms with van der Waals surface area (Å²) in [4.78, 5) is 40.3. The number of carbonyl (C=O) groups excluding carboxylic acids is 3. The van der Waals surface area contributed by atoms with Crippen molar-refractivity contribution in [3.8, 4) is 11.8 Å². The molecule has 2 unspecified atom stereocenters. The van der Waals surface area contributed by atoms with E-state index in [4.69, 9.17) is 9.47 Å². The van der Waals surface area contributed by atoms with Gasteiger partial charge in [0.05, 0.1) is 13.2 Å². The molecule has 2 rings (SSSR count). The molecule has 2 N–H and O–H groups in total. The molecule has 0 heterocycles. The molecule has 36 heavy (non-hydrogen) atoms. The summed E-state index contributed by atoms with van der Waals surface area (Å²) < 4.78 is 10.4. The SMILES string of the molecule is CCc1ccc(C(C(=O)Nc2ccc(OC)cc2)N(CC#N)C(=O)C(C)NC(=O)OC(C)(C)C)cc1. The molecule has 3 amide bonds. The van der Waals surface area contributed by atoms with E-state index in [0.717, 1.165) is 16.9 Å². The lowest BCUT2D eigenvalue weighted by Gasteiger charge is -2.32. The second-order valence-electron chi connectivity index (χ2n) is 9.21. The Morgan fingerprint density at radius 1 is 1.06 bits per heavy atom. The molecule has 2 aromatic rings. The fourth-order valence-electron chi connectivity index (χ4n) is 3.46. The van der Waals surface area contributed by atoms with Crippen LogP contribution < -0.4 is 15.4 Å². The van der Waals surface area contributed by atoms with Crippen molar-refractivity contribution in [3.05, 3.63) is 59.7 Å². The lowest BCUT2D eigenvalue weighted by Crippen LogP contribution is -2.51. The highest BCUT2D eigenvalue weighted by Gasteiger charge is 2.34. The molecule has 0 radical (unpaired) electrons. The number of alkyl carbamates (subject to hydrolysis) is 1. The fourth-order valence-corrected chi connectivity index (χ4v) is 3.46. The van der Waals surface area contributed by atoms with Gasteiger partial charge in [-0.15, -0.1) is 0 Å². The third-order valence-corrected chi connectivity index (χ3v) is 5.25. The molecular formula is C27H34N4O5. The fraction of sp³-hybridized carbons (Fsp3) is 0.407. The zero-order valence-corrected chi connectivity index (χ0v) is 21.6. The van der Waals surface area contributed by atoms with Crippen LogP contribution in [0.3, 0.4) is 0 Å². The molecule has 9 heteroatoms. The third kappa shape index (κ3) is 8.01. The van der Waals surface area contributed by atoms with Gasteiger partial charge in [-0.2, -0.15) is 5.26 Å². The highest BCUT2D eigenvalue weighted by molar-refractivity contribution is 5.99. The summed E-state index contributed by atoms with van der Waals surface area (Å²) in [5.41, 5.74) is 1.35. The Kier molecular flexibility index (Phi) is 9.85. The number of methoxy groups -OCH3 is 1. The van der Waals surface area contributed by atoms with Gasteiger partial charge in [-0.3, -0.25) is 9.59 Å². The molecule has 0 saturated heterocycles. The Bertz CT molecular complexity index is 1090. The molecule has 0 spiro atoms. The summed E-state index contributed by atoms with van der Waals surface area (Å²) >= 11 is 0. The van der Waals surface area contributed by atoms with Gasteiger partial charge >= 0.3 is 6.09 Å². The van der Waals surface area contributed by atoms with E-state index in [1.165, 1.54) is 6.92 Å². The lowest BCUT2D eigenvalue weighted by molar-refractivity contribution is -0.139. The van der Waals surface area contributed by atoms with Gasteiger partial charge in [-0.25, -0.2) is 4.79 Å². The van der Waals surface area contributed by atoms with Crippen LogP contribution in [0, 0.1) is 11.3 Å². The summed E-state index contributed by atoms with van der Waals surface area (Å²) in [5.74, 6) is -0.475. The highest BCUT2D eigenvalue weighted by atomic mass is 16.6. The average molecular weight is 495 g/mol. The second kappa shape index (κ2) is 12.6. The second-order valence-corrected chi connectivity index (χ2v) is 9.21. The molecule has 0 aliphatic rings. The molecule has 0 aromatic heterocycles. The Labute approximate surface area is 212 Å². The van der Waals surface area contributed by atoms with Gasteiger partial charge in [0.1, 0.15) is 30.0 Å². The Morgan fingerprint density at radius 3 is 2.17 bits per heavy atom. The Morgan fingerprint density at radius 2 is 1.67 bits per heavy atom. The number of rotatable bonds is 9. The van der Waals surface area contributed by atoms with Gasteiger partial charge in [-0.1, -0.05) is 31.2 Å². The van der Waals surface area contributed by atoms with Gasteiger partial charge in [0, 0.05) is 5.69 Å². The number of nitrogens with one attached hydrogen (secondary N) is 2. The van der Waals surface area contributed by atoms with Crippen molar-refractivity contribution in [2.24, 2.45) is 0 Å². The van der Waals surface area contributed by atoms with Crippen molar-refractivity contribution in [3.63, 3.8) is 0 Å². The number of anilines is 1. The minimum atomic E-state index is -1.12. The molecule has 0 saturated carbocycles. The zero-order valence-electron chi connectivity index (χ0n) is 21.6. The maximum Gasteiger partial charge on any atom is 0.408 e. The van der Waals surface area contributed by atoms with Crippen molar-refractivity contribution in [1.82, 2.24) is 10.2 Å². The first-order valence-corrected chi connectivity index (χ1v) is 11.7. The average Bonchev–Trinajstić information content (AvgIpc) is 2.82. The van der Waals surface area contributed by atoms with Crippen LogP contribution >= 0.6 is 0 Å². The summed E-state index contributed by atoms with van der Waals surface area (Å²) in [6, 6.07) is 13.8. The van der Waals surface area contributed by atoms with E-state index >= 15 is 0 Å². The van der Waals surface area contributed by atoms with Crippen LogP contribution in [0.1, 0.15) is 51.8 Å². The van der Waals surface area contributed by atoms with E-state index in [2.05, 4.69) is 10.6 Å². The van der Waals surface area contributed by atoms with Crippen LogP contribution in [0.4, 0.5) is 10.5 Å². The maximum absolute atomic E-state index is 13.5. The van der Waals surface area contributed by atoms with E-state index < -0.39 is 35.6 Å². The van der Waals surface area contributed by atoms with Gasteiger partial charge in [0.25, 0.3) is 5.91 Å². The summed E-state index contributed by atoms with van der Waals surface area (Å²) in [6.07, 6.45) is 0.0347. The number of nitrogens with zero attached hydrogens (tertiary/aromatic N) is 2. The normalized spacial score (nSPS) is 12.5. The summed E-state index contributed by atoms with van der Waals surface area (Å²) in [6.45, 7) is 8.25. The van der Waals surface area contributed by atoms with Crippen molar-refractivity contribution in [2.45, 2.75) is 58.7 Å².